The highest BCUT2D eigenvalue weighted by Gasteiger charge is 2.23. The molecule has 2 atom stereocenters. The van der Waals surface area contributed by atoms with Crippen LogP contribution in [0.1, 0.15) is 28.0 Å². The van der Waals surface area contributed by atoms with Gasteiger partial charge >= 0.3 is 0 Å². The molecule has 18 heavy (non-hydrogen) atoms. The number of aliphatic hydroxyl groups excluding tert-OH is 1. The fourth-order valence-electron chi connectivity index (χ4n) is 2.05. The third-order valence-corrected chi connectivity index (χ3v) is 4.41. The van der Waals surface area contributed by atoms with Gasteiger partial charge in [-0.1, -0.05) is 23.7 Å². The summed E-state index contributed by atoms with van der Waals surface area (Å²) >= 11 is 7.55. The lowest BCUT2D eigenvalue weighted by Gasteiger charge is -2.22. The Kier molecular flexibility index (Phi) is 4.40. The molecule has 96 valence electrons. The van der Waals surface area contributed by atoms with E-state index in [-0.39, 0.29) is 5.92 Å². The fraction of sp³-hybridized carbons (Fsp3) is 0.286. The van der Waals surface area contributed by atoms with Crippen molar-refractivity contribution in [2.45, 2.75) is 18.9 Å². The zero-order valence-electron chi connectivity index (χ0n) is 10.1. The second-order valence-corrected chi connectivity index (χ2v) is 5.69. The second kappa shape index (κ2) is 5.85. The molecule has 1 aromatic heterocycles. The van der Waals surface area contributed by atoms with Crippen LogP contribution in [0.5, 0.6) is 0 Å². The van der Waals surface area contributed by atoms with Gasteiger partial charge in [0.05, 0.1) is 6.10 Å². The highest BCUT2D eigenvalue weighted by Crippen LogP contribution is 2.35. The number of hydrogen-bond acceptors (Lipinski definition) is 3. The molecule has 2 nitrogen and oxygen atoms in total. The third kappa shape index (κ3) is 2.75. The first-order valence-corrected chi connectivity index (χ1v) is 7.07. The van der Waals surface area contributed by atoms with Crippen LogP contribution >= 0.6 is 22.9 Å². The van der Waals surface area contributed by atoms with Crippen LogP contribution in [0.15, 0.2) is 35.7 Å². The molecule has 3 N–H and O–H groups in total. The average Bonchev–Trinajstić information content (AvgIpc) is 2.76. The quantitative estimate of drug-likeness (QED) is 0.901. The van der Waals surface area contributed by atoms with E-state index < -0.39 is 6.10 Å². The van der Waals surface area contributed by atoms with Crippen molar-refractivity contribution < 1.29 is 5.11 Å². The largest absolute Gasteiger partial charge is 0.387 e. The maximum atomic E-state index is 10.5. The molecule has 0 radical (unpaired) electrons. The lowest BCUT2D eigenvalue weighted by molar-refractivity contribution is 0.150. The van der Waals surface area contributed by atoms with Gasteiger partial charge in [-0.05, 0) is 41.6 Å². The first kappa shape index (κ1) is 13.6. The predicted molar refractivity (Wildman–Crippen MR) is 77.3 cm³/mol. The summed E-state index contributed by atoms with van der Waals surface area (Å²) in [7, 11) is 0. The third-order valence-electron chi connectivity index (χ3n) is 3.08. The molecule has 0 amide bonds. The molecule has 0 saturated carbocycles. The van der Waals surface area contributed by atoms with Crippen LogP contribution in [-0.2, 0) is 0 Å². The molecule has 1 heterocycles. The van der Waals surface area contributed by atoms with Crippen molar-refractivity contribution in [3.63, 3.8) is 0 Å². The zero-order chi connectivity index (χ0) is 13.1. The van der Waals surface area contributed by atoms with Gasteiger partial charge in [-0.15, -0.1) is 11.3 Å². The highest BCUT2D eigenvalue weighted by atomic mass is 35.5. The molecule has 2 rings (SSSR count). The van der Waals surface area contributed by atoms with Gasteiger partial charge in [0.1, 0.15) is 0 Å². The number of nitrogens with two attached hydrogens (primary N) is 1. The molecule has 2 unspecified atom stereocenters. The minimum atomic E-state index is -0.575. The number of aryl methyl sites for hydroxylation is 1. The smallest absolute Gasteiger partial charge is 0.0964 e. The van der Waals surface area contributed by atoms with E-state index in [4.69, 9.17) is 17.3 Å². The van der Waals surface area contributed by atoms with Gasteiger partial charge in [-0.3, -0.25) is 0 Å². The van der Waals surface area contributed by atoms with Crippen molar-refractivity contribution in [2.75, 3.05) is 6.54 Å². The standard InChI is InChI=1S/C14H16ClNOS/c1-9-5-6-18-14(9)13(17)12(8-16)10-3-2-4-11(15)7-10/h2-7,12-13,17H,8,16H2,1H3. The topological polar surface area (TPSA) is 46.2 Å². The van der Waals surface area contributed by atoms with Crippen LogP contribution in [0, 0.1) is 6.92 Å². The monoisotopic (exact) mass is 281 g/mol. The van der Waals surface area contributed by atoms with Crippen molar-refractivity contribution in [3.05, 3.63) is 56.7 Å². The van der Waals surface area contributed by atoms with Gasteiger partial charge in [0.2, 0.25) is 0 Å². The van der Waals surface area contributed by atoms with E-state index in [9.17, 15) is 5.11 Å². The Morgan fingerprint density at radius 1 is 1.39 bits per heavy atom. The number of hydrogen-bond donors (Lipinski definition) is 2. The van der Waals surface area contributed by atoms with Crippen LogP contribution in [-0.4, -0.2) is 11.7 Å². The average molecular weight is 282 g/mol. The van der Waals surface area contributed by atoms with E-state index >= 15 is 0 Å². The minimum absolute atomic E-state index is 0.124. The van der Waals surface area contributed by atoms with Gasteiger partial charge in [0.15, 0.2) is 0 Å². The molecule has 1 aromatic carbocycles. The summed E-state index contributed by atoms with van der Waals surface area (Å²) < 4.78 is 0. The Bertz CT molecular complexity index is 526. The van der Waals surface area contributed by atoms with Crippen LogP contribution in [0.2, 0.25) is 5.02 Å². The van der Waals surface area contributed by atoms with Crippen LogP contribution in [0.25, 0.3) is 0 Å². The normalized spacial score (nSPS) is 14.4. The van der Waals surface area contributed by atoms with Crippen molar-refractivity contribution >= 4 is 22.9 Å². The van der Waals surface area contributed by atoms with Gasteiger partial charge in [0.25, 0.3) is 0 Å². The summed E-state index contributed by atoms with van der Waals surface area (Å²) in [6.07, 6.45) is -0.575. The molecule has 2 aromatic rings. The minimum Gasteiger partial charge on any atom is -0.387 e. The van der Waals surface area contributed by atoms with Gasteiger partial charge in [0, 0.05) is 22.4 Å². The van der Waals surface area contributed by atoms with E-state index in [0.717, 1.165) is 16.0 Å². The molecular weight excluding hydrogens is 266 g/mol. The van der Waals surface area contributed by atoms with E-state index in [0.29, 0.717) is 11.6 Å². The highest BCUT2D eigenvalue weighted by molar-refractivity contribution is 7.10. The summed E-state index contributed by atoms with van der Waals surface area (Å²) in [5.74, 6) is -0.124. The summed E-state index contributed by atoms with van der Waals surface area (Å²) in [6, 6.07) is 9.53. The van der Waals surface area contributed by atoms with E-state index in [2.05, 4.69) is 0 Å². The maximum Gasteiger partial charge on any atom is 0.0964 e. The van der Waals surface area contributed by atoms with E-state index in [1.165, 1.54) is 0 Å². The van der Waals surface area contributed by atoms with E-state index in [1.807, 2.05) is 42.6 Å². The lowest BCUT2D eigenvalue weighted by atomic mass is 9.91. The van der Waals surface area contributed by atoms with Gasteiger partial charge in [-0.2, -0.15) is 0 Å². The SMILES string of the molecule is Cc1ccsc1C(O)C(CN)c1cccc(Cl)c1. The summed E-state index contributed by atoms with van der Waals surface area (Å²) in [5, 5.41) is 13.1. The number of benzene rings is 1. The number of aliphatic hydroxyl groups is 1. The van der Waals surface area contributed by atoms with Crippen LogP contribution < -0.4 is 5.73 Å². The maximum absolute atomic E-state index is 10.5. The second-order valence-electron chi connectivity index (χ2n) is 4.31. The molecule has 0 aliphatic heterocycles. The summed E-state index contributed by atoms with van der Waals surface area (Å²) in [4.78, 5) is 0.977. The Balaban J connectivity index is 2.32. The van der Waals surface area contributed by atoms with Crippen molar-refractivity contribution in [2.24, 2.45) is 5.73 Å². The molecule has 0 spiro atoms. The summed E-state index contributed by atoms with van der Waals surface area (Å²) in [5.41, 5.74) is 7.90. The number of rotatable bonds is 4. The first-order chi connectivity index (χ1) is 8.63. The molecular formula is C14H16ClNOS. The van der Waals surface area contributed by atoms with Crippen LogP contribution in [0.4, 0.5) is 0 Å². The Morgan fingerprint density at radius 2 is 2.17 bits per heavy atom. The fourth-order valence-corrected chi connectivity index (χ4v) is 3.23. The van der Waals surface area contributed by atoms with Gasteiger partial charge < -0.3 is 10.8 Å². The van der Waals surface area contributed by atoms with E-state index in [1.54, 1.807) is 11.3 Å². The lowest BCUT2D eigenvalue weighted by Crippen LogP contribution is -2.20. The molecule has 0 saturated heterocycles. The molecule has 0 aliphatic carbocycles. The summed E-state index contributed by atoms with van der Waals surface area (Å²) in [6.45, 7) is 2.39. The van der Waals surface area contributed by atoms with Crippen molar-refractivity contribution in [1.29, 1.82) is 0 Å². The van der Waals surface area contributed by atoms with Crippen LogP contribution in [0.3, 0.4) is 0 Å². The predicted octanol–water partition coefficient (Wildman–Crippen LogP) is 3.49. The molecule has 0 fully saturated rings. The Morgan fingerprint density at radius 3 is 2.72 bits per heavy atom. The Hall–Kier alpha value is -0.870. The molecule has 0 bridgehead atoms. The first-order valence-electron chi connectivity index (χ1n) is 5.81. The van der Waals surface area contributed by atoms with Crippen molar-refractivity contribution in [3.8, 4) is 0 Å². The van der Waals surface area contributed by atoms with Gasteiger partial charge in [-0.25, -0.2) is 0 Å². The molecule has 0 aliphatic rings. The van der Waals surface area contributed by atoms with Crippen molar-refractivity contribution in [1.82, 2.24) is 0 Å². The molecule has 4 heteroatoms. The number of thiophene rings is 1. The number of halogens is 1. The Labute approximate surface area is 116 Å². The zero-order valence-corrected chi connectivity index (χ0v) is 11.7.